The van der Waals surface area contributed by atoms with Gasteiger partial charge in [0.05, 0.1) is 14.2 Å². The summed E-state index contributed by atoms with van der Waals surface area (Å²) < 4.78 is 21.5. The zero-order valence-corrected chi connectivity index (χ0v) is 22.3. The van der Waals surface area contributed by atoms with Crippen LogP contribution in [0.1, 0.15) is 63.5 Å². The fourth-order valence-electron chi connectivity index (χ4n) is 3.44. The number of ether oxygens (including phenoxy) is 4. The van der Waals surface area contributed by atoms with Gasteiger partial charge in [-0.3, -0.25) is 19.2 Å². The van der Waals surface area contributed by atoms with Gasteiger partial charge in [0.2, 0.25) is 0 Å². The van der Waals surface area contributed by atoms with Crippen LogP contribution < -0.4 is 18.9 Å². The van der Waals surface area contributed by atoms with E-state index < -0.39 is 0 Å². The first-order chi connectivity index (χ1) is 18.4. The Hall–Kier alpha value is -4.20. The lowest BCUT2D eigenvalue weighted by Crippen LogP contribution is -2.08. The van der Waals surface area contributed by atoms with Crippen molar-refractivity contribution in [3.8, 4) is 23.0 Å². The molecule has 0 aromatic heterocycles. The van der Waals surface area contributed by atoms with E-state index in [2.05, 4.69) is 0 Å². The van der Waals surface area contributed by atoms with Crippen LogP contribution in [0.3, 0.4) is 0 Å². The molecule has 202 valence electrons. The van der Waals surface area contributed by atoms with Crippen LogP contribution in [0, 0.1) is 0 Å². The van der Waals surface area contributed by atoms with Crippen LogP contribution >= 0.6 is 0 Å². The SMILES string of the molecule is CCCCC(=O)Oc1ccc(/C=C(C=O)\C(C=O)=C/c2ccc(OC(=O)CCCC)c(OC)c2)cc1OC. The second-order valence-corrected chi connectivity index (χ2v) is 8.41. The first-order valence-electron chi connectivity index (χ1n) is 12.5. The first kappa shape index (κ1) is 30.0. The first-order valence-corrected chi connectivity index (χ1v) is 12.5. The van der Waals surface area contributed by atoms with Gasteiger partial charge in [-0.1, -0.05) is 38.8 Å². The third-order valence-corrected chi connectivity index (χ3v) is 5.52. The molecule has 0 heterocycles. The van der Waals surface area contributed by atoms with Crippen molar-refractivity contribution < 1.29 is 38.1 Å². The van der Waals surface area contributed by atoms with E-state index in [-0.39, 0.29) is 34.6 Å². The zero-order chi connectivity index (χ0) is 27.9. The van der Waals surface area contributed by atoms with E-state index in [0.717, 1.165) is 25.7 Å². The summed E-state index contributed by atoms with van der Waals surface area (Å²) in [5.74, 6) is 0.466. The molecule has 8 heteroatoms. The molecule has 0 spiro atoms. The molecular formula is C30H34O8. The molecule has 0 unspecified atom stereocenters. The molecule has 0 fully saturated rings. The highest BCUT2D eigenvalue weighted by atomic mass is 16.6. The van der Waals surface area contributed by atoms with E-state index in [1.165, 1.54) is 26.4 Å². The second kappa shape index (κ2) is 15.8. The molecule has 0 saturated carbocycles. The number of rotatable bonds is 15. The van der Waals surface area contributed by atoms with Crippen molar-refractivity contribution in [2.75, 3.05) is 14.2 Å². The van der Waals surface area contributed by atoms with Crippen molar-refractivity contribution in [1.29, 1.82) is 0 Å². The maximum Gasteiger partial charge on any atom is 0.311 e. The van der Waals surface area contributed by atoms with Gasteiger partial charge in [0, 0.05) is 24.0 Å². The maximum atomic E-state index is 12.0. The number of carbonyl (C=O) groups excluding carboxylic acids is 4. The Kier molecular flexibility index (Phi) is 12.5. The molecule has 0 saturated heterocycles. The smallest absolute Gasteiger partial charge is 0.311 e. The van der Waals surface area contributed by atoms with Crippen LogP contribution in [-0.4, -0.2) is 38.7 Å². The van der Waals surface area contributed by atoms with Gasteiger partial charge in [0.15, 0.2) is 35.6 Å². The summed E-state index contributed by atoms with van der Waals surface area (Å²) in [6, 6.07) is 9.68. The van der Waals surface area contributed by atoms with Gasteiger partial charge in [-0.2, -0.15) is 0 Å². The fraction of sp³-hybridized carbons (Fsp3) is 0.333. The van der Waals surface area contributed by atoms with Gasteiger partial charge in [-0.25, -0.2) is 0 Å². The highest BCUT2D eigenvalue weighted by Crippen LogP contribution is 2.31. The minimum absolute atomic E-state index is 0.129. The van der Waals surface area contributed by atoms with Gasteiger partial charge < -0.3 is 18.9 Å². The average Bonchev–Trinajstić information content (AvgIpc) is 2.93. The molecule has 2 aromatic rings. The number of hydrogen-bond acceptors (Lipinski definition) is 8. The monoisotopic (exact) mass is 522 g/mol. The molecule has 0 bridgehead atoms. The molecule has 8 nitrogen and oxygen atoms in total. The molecule has 0 aliphatic rings. The van der Waals surface area contributed by atoms with Gasteiger partial charge in [0.25, 0.3) is 0 Å². The lowest BCUT2D eigenvalue weighted by Gasteiger charge is -2.11. The molecule has 38 heavy (non-hydrogen) atoms. The van der Waals surface area contributed by atoms with E-state index in [9.17, 15) is 19.2 Å². The number of allylic oxidation sites excluding steroid dienone is 2. The Balaban J connectivity index is 2.32. The zero-order valence-electron chi connectivity index (χ0n) is 22.3. The van der Waals surface area contributed by atoms with Crippen LogP contribution in [0.15, 0.2) is 47.5 Å². The number of benzene rings is 2. The number of methoxy groups -OCH3 is 2. The third kappa shape index (κ3) is 9.03. The Morgan fingerprint density at radius 3 is 1.37 bits per heavy atom. The quantitative estimate of drug-likeness (QED) is 0.0956. The van der Waals surface area contributed by atoms with Crippen molar-refractivity contribution >= 4 is 36.7 Å². The molecule has 0 aliphatic carbocycles. The molecule has 0 N–H and O–H groups in total. The van der Waals surface area contributed by atoms with Crippen LogP contribution in [0.2, 0.25) is 0 Å². The predicted molar refractivity (Wildman–Crippen MR) is 144 cm³/mol. The van der Waals surface area contributed by atoms with Gasteiger partial charge in [-0.05, 0) is 60.4 Å². The number of carbonyl (C=O) groups is 4. The van der Waals surface area contributed by atoms with Crippen LogP contribution in [-0.2, 0) is 19.2 Å². The van der Waals surface area contributed by atoms with Crippen LogP contribution in [0.4, 0.5) is 0 Å². The molecule has 2 aromatic carbocycles. The Morgan fingerprint density at radius 1 is 0.658 bits per heavy atom. The maximum absolute atomic E-state index is 12.0. The minimum Gasteiger partial charge on any atom is -0.493 e. The summed E-state index contributed by atoms with van der Waals surface area (Å²) in [5, 5.41) is 0. The highest BCUT2D eigenvalue weighted by Gasteiger charge is 2.13. The van der Waals surface area contributed by atoms with E-state index >= 15 is 0 Å². The van der Waals surface area contributed by atoms with Gasteiger partial charge in [0.1, 0.15) is 0 Å². The van der Waals surface area contributed by atoms with E-state index in [1.807, 2.05) is 13.8 Å². The minimum atomic E-state index is -0.356. The lowest BCUT2D eigenvalue weighted by atomic mass is 10.0. The summed E-state index contributed by atoms with van der Waals surface area (Å²) >= 11 is 0. The van der Waals surface area contributed by atoms with Gasteiger partial charge in [-0.15, -0.1) is 0 Å². The Bertz CT molecular complexity index is 1100. The Labute approximate surface area is 223 Å². The van der Waals surface area contributed by atoms with Crippen molar-refractivity contribution in [3.63, 3.8) is 0 Å². The fourth-order valence-corrected chi connectivity index (χ4v) is 3.44. The molecule has 0 aliphatic heterocycles. The summed E-state index contributed by atoms with van der Waals surface area (Å²) in [6.07, 6.45) is 8.02. The second-order valence-electron chi connectivity index (χ2n) is 8.41. The summed E-state index contributed by atoms with van der Waals surface area (Å²) in [5.41, 5.74) is 1.39. The normalized spacial score (nSPS) is 11.5. The van der Waals surface area contributed by atoms with Gasteiger partial charge >= 0.3 is 11.9 Å². The van der Waals surface area contributed by atoms with E-state index in [4.69, 9.17) is 18.9 Å². The molecule has 0 atom stereocenters. The number of unbranched alkanes of at least 4 members (excludes halogenated alkanes) is 2. The molecule has 2 rings (SSSR count). The van der Waals surface area contributed by atoms with Crippen molar-refractivity contribution in [2.24, 2.45) is 0 Å². The van der Waals surface area contributed by atoms with Crippen LogP contribution in [0.25, 0.3) is 12.2 Å². The molecular weight excluding hydrogens is 488 g/mol. The number of aldehydes is 2. The number of esters is 2. The summed E-state index contributed by atoms with van der Waals surface area (Å²) in [4.78, 5) is 47.8. The summed E-state index contributed by atoms with van der Waals surface area (Å²) in [6.45, 7) is 3.97. The lowest BCUT2D eigenvalue weighted by molar-refractivity contribution is -0.135. The van der Waals surface area contributed by atoms with E-state index in [1.54, 1.807) is 36.4 Å². The standard InChI is InChI=1S/C30H34O8/c1-5-7-9-29(33)37-25-13-11-21(17-27(25)35-3)15-23(19-31)24(20-32)16-22-12-14-26(28(18-22)36-4)38-30(34)10-8-6-2/h11-20H,5-10H2,1-4H3/b23-15-,24-16-. The van der Waals surface area contributed by atoms with Crippen molar-refractivity contribution in [3.05, 3.63) is 58.7 Å². The average molecular weight is 523 g/mol. The molecule has 0 amide bonds. The largest absolute Gasteiger partial charge is 0.493 e. The molecule has 0 radical (unpaired) electrons. The third-order valence-electron chi connectivity index (χ3n) is 5.52. The topological polar surface area (TPSA) is 105 Å². The van der Waals surface area contributed by atoms with Crippen LogP contribution in [0.5, 0.6) is 23.0 Å². The van der Waals surface area contributed by atoms with E-state index in [0.29, 0.717) is 48.0 Å². The highest BCUT2D eigenvalue weighted by molar-refractivity contribution is 6.02. The predicted octanol–water partition coefficient (Wildman–Crippen LogP) is 5.76. The number of hydrogen-bond donors (Lipinski definition) is 0. The van der Waals surface area contributed by atoms with Crippen molar-refractivity contribution in [1.82, 2.24) is 0 Å². The summed E-state index contributed by atoms with van der Waals surface area (Å²) in [7, 11) is 2.89. The van der Waals surface area contributed by atoms with Crippen molar-refractivity contribution in [2.45, 2.75) is 52.4 Å². The Morgan fingerprint density at radius 2 is 1.05 bits per heavy atom.